The fourth-order valence-electron chi connectivity index (χ4n) is 3.12. The summed E-state index contributed by atoms with van der Waals surface area (Å²) in [5.41, 5.74) is 11.6. The molecule has 0 amide bonds. The van der Waals surface area contributed by atoms with Crippen LogP contribution >= 0.6 is 0 Å². The second-order valence-corrected chi connectivity index (χ2v) is 5.98. The van der Waals surface area contributed by atoms with Crippen molar-refractivity contribution in [2.24, 2.45) is 0 Å². The molecule has 24 heavy (non-hydrogen) atoms. The molecular formula is C19H19N5. The van der Waals surface area contributed by atoms with E-state index >= 15 is 0 Å². The van der Waals surface area contributed by atoms with Crippen molar-refractivity contribution in [2.45, 2.75) is 13.3 Å². The van der Waals surface area contributed by atoms with Crippen LogP contribution in [0.3, 0.4) is 0 Å². The number of aryl methyl sites for hydroxylation is 1. The van der Waals surface area contributed by atoms with Gasteiger partial charge in [0.15, 0.2) is 11.6 Å². The molecule has 3 aromatic rings. The third-order valence-electron chi connectivity index (χ3n) is 4.29. The average Bonchev–Trinajstić information content (AvgIpc) is 3.01. The van der Waals surface area contributed by atoms with E-state index in [4.69, 9.17) is 5.73 Å². The van der Waals surface area contributed by atoms with Crippen molar-refractivity contribution in [2.75, 3.05) is 22.5 Å². The summed E-state index contributed by atoms with van der Waals surface area (Å²) in [5.74, 6) is 1.39. The van der Waals surface area contributed by atoms with Crippen LogP contribution in [0.2, 0.25) is 0 Å². The third kappa shape index (κ3) is 2.54. The van der Waals surface area contributed by atoms with Crippen LogP contribution in [0.25, 0.3) is 0 Å². The largest absolute Gasteiger partial charge is 0.393 e. The molecule has 4 rings (SSSR count). The zero-order valence-corrected chi connectivity index (χ0v) is 13.5. The number of nitrogens with one attached hydrogen (secondary N) is 1. The van der Waals surface area contributed by atoms with E-state index in [1.54, 1.807) is 6.33 Å². The summed E-state index contributed by atoms with van der Waals surface area (Å²) in [6.45, 7) is 2.94. The molecule has 0 bridgehead atoms. The van der Waals surface area contributed by atoms with Gasteiger partial charge in [-0.3, -0.25) is 0 Å². The highest BCUT2D eigenvalue weighted by atomic mass is 15.2. The van der Waals surface area contributed by atoms with Gasteiger partial charge in [0.1, 0.15) is 12.0 Å². The number of aromatic nitrogens is 2. The fraction of sp³-hybridized carbons (Fsp3) is 0.158. The molecule has 2 heterocycles. The Hall–Kier alpha value is -3.08. The molecule has 0 saturated carbocycles. The number of nitrogens with two attached hydrogens (primary N) is 1. The first kappa shape index (κ1) is 14.5. The maximum atomic E-state index is 6.38. The highest BCUT2D eigenvalue weighted by Gasteiger charge is 2.23. The minimum atomic E-state index is 0.565. The summed E-state index contributed by atoms with van der Waals surface area (Å²) < 4.78 is 0. The van der Waals surface area contributed by atoms with E-state index in [1.165, 1.54) is 16.8 Å². The van der Waals surface area contributed by atoms with Crippen LogP contribution in [-0.2, 0) is 6.42 Å². The number of hydrogen-bond donors (Lipinski definition) is 2. The molecule has 0 unspecified atom stereocenters. The lowest BCUT2D eigenvalue weighted by atomic mass is 10.2. The summed E-state index contributed by atoms with van der Waals surface area (Å²) in [6, 6.07) is 16.5. The predicted octanol–water partition coefficient (Wildman–Crippen LogP) is 3.81. The first-order valence-electron chi connectivity index (χ1n) is 8.02. The van der Waals surface area contributed by atoms with Crippen molar-refractivity contribution in [1.82, 2.24) is 9.97 Å². The van der Waals surface area contributed by atoms with E-state index in [2.05, 4.69) is 57.4 Å². The molecule has 0 fully saturated rings. The molecule has 0 aliphatic carbocycles. The van der Waals surface area contributed by atoms with E-state index in [0.29, 0.717) is 11.5 Å². The van der Waals surface area contributed by atoms with Crippen LogP contribution < -0.4 is 16.0 Å². The Morgan fingerprint density at radius 1 is 1.08 bits per heavy atom. The minimum Gasteiger partial charge on any atom is -0.393 e. The molecule has 0 spiro atoms. The number of fused-ring (bicyclic) bond motifs is 1. The van der Waals surface area contributed by atoms with Crippen molar-refractivity contribution in [3.05, 3.63) is 66.0 Å². The normalized spacial score (nSPS) is 13.0. The molecule has 1 aliphatic heterocycles. The smallest absolute Gasteiger partial charge is 0.161 e. The van der Waals surface area contributed by atoms with Gasteiger partial charge in [-0.1, -0.05) is 30.3 Å². The molecule has 120 valence electrons. The van der Waals surface area contributed by atoms with Gasteiger partial charge in [0.05, 0.1) is 0 Å². The third-order valence-corrected chi connectivity index (χ3v) is 4.29. The Labute approximate surface area is 141 Å². The summed E-state index contributed by atoms with van der Waals surface area (Å²) in [6.07, 6.45) is 2.56. The topological polar surface area (TPSA) is 67.1 Å². The van der Waals surface area contributed by atoms with Crippen LogP contribution in [0.5, 0.6) is 0 Å². The highest BCUT2D eigenvalue weighted by Crippen LogP contribution is 2.38. The molecule has 1 aromatic heterocycles. The van der Waals surface area contributed by atoms with Crippen LogP contribution in [-0.4, -0.2) is 16.5 Å². The van der Waals surface area contributed by atoms with Gasteiger partial charge in [0.2, 0.25) is 0 Å². The molecule has 0 radical (unpaired) electrons. The van der Waals surface area contributed by atoms with Crippen molar-refractivity contribution in [1.29, 1.82) is 0 Å². The maximum Gasteiger partial charge on any atom is 0.161 e. The van der Waals surface area contributed by atoms with E-state index in [1.807, 2.05) is 18.2 Å². The number of nitrogens with zero attached hydrogens (tertiary/aromatic N) is 3. The van der Waals surface area contributed by atoms with Gasteiger partial charge in [0.25, 0.3) is 0 Å². The maximum absolute atomic E-state index is 6.38. The minimum absolute atomic E-state index is 0.565. The predicted molar refractivity (Wildman–Crippen MR) is 98.1 cm³/mol. The van der Waals surface area contributed by atoms with Gasteiger partial charge in [-0.25, -0.2) is 9.97 Å². The van der Waals surface area contributed by atoms with Crippen molar-refractivity contribution >= 4 is 28.7 Å². The standard InChI is InChI=1S/C19H19N5/c1-13-5-4-7-15(11-13)23-18-17(20)19(22-12-21-18)24-10-9-14-6-2-3-8-16(14)24/h2-8,11-12H,9-10,20H2,1H3,(H,21,22,23). The summed E-state index contributed by atoms with van der Waals surface area (Å²) in [4.78, 5) is 10.9. The second-order valence-electron chi connectivity index (χ2n) is 5.98. The molecular weight excluding hydrogens is 298 g/mol. The van der Waals surface area contributed by atoms with Gasteiger partial charge in [0, 0.05) is 17.9 Å². The number of benzene rings is 2. The lowest BCUT2D eigenvalue weighted by molar-refractivity contribution is 0.967. The van der Waals surface area contributed by atoms with Gasteiger partial charge in [-0.05, 0) is 42.7 Å². The van der Waals surface area contributed by atoms with Crippen molar-refractivity contribution < 1.29 is 0 Å². The van der Waals surface area contributed by atoms with Crippen molar-refractivity contribution in [3.8, 4) is 0 Å². The van der Waals surface area contributed by atoms with Gasteiger partial charge in [-0.15, -0.1) is 0 Å². The zero-order valence-electron chi connectivity index (χ0n) is 13.5. The number of rotatable bonds is 3. The number of anilines is 5. The number of para-hydroxylation sites is 1. The molecule has 3 N–H and O–H groups in total. The Bertz CT molecular complexity index is 890. The van der Waals surface area contributed by atoms with Crippen molar-refractivity contribution in [3.63, 3.8) is 0 Å². The van der Waals surface area contributed by atoms with Crippen LogP contribution in [0.4, 0.5) is 28.7 Å². The van der Waals surface area contributed by atoms with Crippen LogP contribution in [0, 0.1) is 6.92 Å². The van der Waals surface area contributed by atoms with E-state index in [9.17, 15) is 0 Å². The summed E-state index contributed by atoms with van der Waals surface area (Å²) in [7, 11) is 0. The monoisotopic (exact) mass is 317 g/mol. The Morgan fingerprint density at radius 3 is 2.83 bits per heavy atom. The Morgan fingerprint density at radius 2 is 1.96 bits per heavy atom. The van der Waals surface area contributed by atoms with Crippen LogP contribution in [0.15, 0.2) is 54.9 Å². The molecule has 1 aliphatic rings. The van der Waals surface area contributed by atoms with Gasteiger partial charge in [-0.2, -0.15) is 0 Å². The average molecular weight is 317 g/mol. The molecule has 0 saturated heterocycles. The first-order chi connectivity index (χ1) is 11.7. The molecule has 2 aromatic carbocycles. The fourth-order valence-corrected chi connectivity index (χ4v) is 3.12. The van der Waals surface area contributed by atoms with Crippen LogP contribution in [0.1, 0.15) is 11.1 Å². The molecule has 5 heteroatoms. The second kappa shape index (κ2) is 5.85. The van der Waals surface area contributed by atoms with Gasteiger partial charge >= 0.3 is 0 Å². The summed E-state index contributed by atoms with van der Waals surface area (Å²) in [5, 5.41) is 3.30. The SMILES string of the molecule is Cc1cccc(Nc2ncnc(N3CCc4ccccc43)c2N)c1. The quantitative estimate of drug-likeness (QED) is 0.769. The van der Waals surface area contributed by atoms with E-state index in [0.717, 1.165) is 24.5 Å². The van der Waals surface area contributed by atoms with E-state index in [-0.39, 0.29) is 0 Å². The Kier molecular flexibility index (Phi) is 3.54. The lowest BCUT2D eigenvalue weighted by Crippen LogP contribution is -2.17. The number of hydrogen-bond acceptors (Lipinski definition) is 5. The van der Waals surface area contributed by atoms with E-state index < -0.39 is 0 Å². The highest BCUT2D eigenvalue weighted by molar-refractivity contribution is 5.83. The Balaban J connectivity index is 1.69. The first-order valence-corrected chi connectivity index (χ1v) is 8.02. The van der Waals surface area contributed by atoms with Gasteiger partial charge < -0.3 is 16.0 Å². The zero-order chi connectivity index (χ0) is 16.5. The molecule has 5 nitrogen and oxygen atoms in total. The lowest BCUT2D eigenvalue weighted by Gasteiger charge is -2.21. The number of nitrogen functional groups attached to an aromatic ring is 1. The molecule has 0 atom stereocenters. The summed E-state index contributed by atoms with van der Waals surface area (Å²) >= 11 is 0.